The first kappa shape index (κ1) is 16.5. The van der Waals surface area contributed by atoms with Gasteiger partial charge >= 0.3 is 0 Å². The van der Waals surface area contributed by atoms with Gasteiger partial charge < -0.3 is 14.7 Å². The van der Waals surface area contributed by atoms with Crippen LogP contribution in [-0.2, 0) is 4.79 Å². The van der Waals surface area contributed by atoms with Crippen LogP contribution in [0.4, 0.5) is 5.95 Å². The van der Waals surface area contributed by atoms with Crippen molar-refractivity contribution < 1.29 is 4.79 Å². The Balaban J connectivity index is 1.45. The molecule has 6 nitrogen and oxygen atoms in total. The van der Waals surface area contributed by atoms with Crippen molar-refractivity contribution in [1.82, 2.24) is 19.8 Å². The number of rotatable bonds is 3. The molecular formula is C16H24ClN5O. The number of nitrogens with zero attached hydrogens (tertiary/aromatic N) is 5. The number of carbonyl (C=O) groups is 1. The Hall–Kier alpha value is -1.40. The normalized spacial score (nSPS) is 20.8. The lowest BCUT2D eigenvalue weighted by Gasteiger charge is -2.35. The van der Waals surface area contributed by atoms with Crippen LogP contribution < -0.4 is 4.90 Å². The maximum absolute atomic E-state index is 12.4. The van der Waals surface area contributed by atoms with Crippen molar-refractivity contribution in [2.24, 2.45) is 5.92 Å². The smallest absolute Gasteiger partial charge is 0.225 e. The fraction of sp³-hybridized carbons (Fsp3) is 0.688. The number of carbonyl (C=O) groups excluding carboxylic acids is 1. The van der Waals surface area contributed by atoms with Gasteiger partial charge in [-0.05, 0) is 25.8 Å². The number of likely N-dealkylation sites (N-methyl/N-ethyl adjacent to an activating group) is 1. The van der Waals surface area contributed by atoms with Gasteiger partial charge in [0.05, 0.1) is 17.4 Å². The van der Waals surface area contributed by atoms with Crippen molar-refractivity contribution in [3.8, 4) is 0 Å². The molecule has 0 radical (unpaired) electrons. The summed E-state index contributed by atoms with van der Waals surface area (Å²) < 4.78 is 0. The summed E-state index contributed by atoms with van der Waals surface area (Å²) in [5.74, 6) is 1.53. The van der Waals surface area contributed by atoms with Crippen LogP contribution in [0, 0.1) is 5.92 Å². The Kier molecular flexibility index (Phi) is 5.33. The second-order valence-corrected chi connectivity index (χ2v) is 6.96. The zero-order valence-electron chi connectivity index (χ0n) is 13.6. The summed E-state index contributed by atoms with van der Waals surface area (Å²) in [5, 5.41) is 0.557. The van der Waals surface area contributed by atoms with Gasteiger partial charge in [0, 0.05) is 45.7 Å². The average Bonchev–Trinajstić information content (AvgIpc) is 2.57. The van der Waals surface area contributed by atoms with E-state index in [1.165, 1.54) is 0 Å². The number of amides is 1. The topological polar surface area (TPSA) is 52.6 Å². The van der Waals surface area contributed by atoms with Crippen molar-refractivity contribution in [3.63, 3.8) is 0 Å². The highest BCUT2D eigenvalue weighted by Gasteiger charge is 2.26. The van der Waals surface area contributed by atoms with Crippen molar-refractivity contribution in [1.29, 1.82) is 0 Å². The van der Waals surface area contributed by atoms with Crippen LogP contribution in [0.5, 0.6) is 0 Å². The fourth-order valence-electron chi connectivity index (χ4n) is 3.24. The minimum Gasteiger partial charge on any atom is -0.341 e. The van der Waals surface area contributed by atoms with Crippen LogP contribution in [0.3, 0.4) is 0 Å². The molecule has 126 valence electrons. The third-order valence-electron chi connectivity index (χ3n) is 4.82. The lowest BCUT2D eigenvalue weighted by atomic mass is 9.93. The average molecular weight is 338 g/mol. The highest BCUT2D eigenvalue weighted by molar-refractivity contribution is 6.30. The van der Waals surface area contributed by atoms with Crippen molar-refractivity contribution in [2.45, 2.75) is 19.3 Å². The van der Waals surface area contributed by atoms with Crippen molar-refractivity contribution in [2.75, 3.05) is 51.2 Å². The molecule has 23 heavy (non-hydrogen) atoms. The summed E-state index contributed by atoms with van der Waals surface area (Å²) in [6.45, 7) is 5.51. The fourth-order valence-corrected chi connectivity index (χ4v) is 3.34. The van der Waals surface area contributed by atoms with Crippen molar-refractivity contribution in [3.05, 3.63) is 17.4 Å². The second-order valence-electron chi connectivity index (χ2n) is 6.52. The Morgan fingerprint density at radius 2 is 1.74 bits per heavy atom. The quantitative estimate of drug-likeness (QED) is 0.837. The van der Waals surface area contributed by atoms with Gasteiger partial charge in [-0.15, -0.1) is 0 Å². The van der Waals surface area contributed by atoms with Crippen LogP contribution in [0.1, 0.15) is 19.3 Å². The van der Waals surface area contributed by atoms with Gasteiger partial charge in [0.25, 0.3) is 0 Å². The van der Waals surface area contributed by atoms with Gasteiger partial charge in [-0.25, -0.2) is 9.97 Å². The van der Waals surface area contributed by atoms with Gasteiger partial charge in [-0.1, -0.05) is 11.6 Å². The number of hydrogen-bond acceptors (Lipinski definition) is 5. The predicted octanol–water partition coefficient (Wildman–Crippen LogP) is 1.51. The maximum Gasteiger partial charge on any atom is 0.225 e. The Morgan fingerprint density at radius 3 is 2.35 bits per heavy atom. The SMILES string of the molecule is CN1CCN(C(=O)CC2CCN(c3ncc(Cl)cn3)CC2)CC1. The largest absolute Gasteiger partial charge is 0.341 e. The number of piperazine rings is 1. The van der Waals surface area contributed by atoms with E-state index in [-0.39, 0.29) is 0 Å². The van der Waals surface area contributed by atoms with Gasteiger partial charge in [0.2, 0.25) is 11.9 Å². The summed E-state index contributed by atoms with van der Waals surface area (Å²) in [6, 6.07) is 0. The summed E-state index contributed by atoms with van der Waals surface area (Å²) in [6.07, 6.45) is 5.98. The molecule has 0 aromatic carbocycles. The molecule has 3 rings (SSSR count). The number of anilines is 1. The summed E-state index contributed by atoms with van der Waals surface area (Å²) >= 11 is 5.83. The molecule has 2 aliphatic rings. The lowest BCUT2D eigenvalue weighted by Crippen LogP contribution is -2.47. The minimum atomic E-state index is 0.319. The highest BCUT2D eigenvalue weighted by atomic mass is 35.5. The monoisotopic (exact) mass is 337 g/mol. The van der Waals surface area contributed by atoms with Crippen LogP contribution in [0.15, 0.2) is 12.4 Å². The molecule has 1 aromatic rings. The van der Waals surface area contributed by atoms with E-state index >= 15 is 0 Å². The molecular weight excluding hydrogens is 314 g/mol. The van der Waals surface area contributed by atoms with Gasteiger partial charge in [0.15, 0.2) is 0 Å². The molecule has 0 saturated carbocycles. The van der Waals surface area contributed by atoms with E-state index in [9.17, 15) is 4.79 Å². The maximum atomic E-state index is 12.4. The molecule has 0 bridgehead atoms. The molecule has 0 spiro atoms. The standard InChI is InChI=1S/C16H24ClN5O/c1-20-6-8-21(9-7-20)15(23)10-13-2-4-22(5-3-13)16-18-11-14(17)12-19-16/h11-13H,2-10H2,1H3. The number of halogens is 1. The molecule has 2 fully saturated rings. The molecule has 0 atom stereocenters. The number of aromatic nitrogens is 2. The zero-order valence-corrected chi connectivity index (χ0v) is 14.4. The highest BCUT2D eigenvalue weighted by Crippen LogP contribution is 2.24. The second kappa shape index (κ2) is 7.45. The third kappa shape index (κ3) is 4.32. The van der Waals surface area contributed by atoms with E-state index in [0.717, 1.165) is 58.1 Å². The van der Waals surface area contributed by atoms with E-state index < -0.39 is 0 Å². The Labute approximate surface area is 142 Å². The molecule has 0 N–H and O–H groups in total. The summed E-state index contributed by atoms with van der Waals surface area (Å²) in [4.78, 5) is 27.4. The van der Waals surface area contributed by atoms with E-state index in [0.29, 0.717) is 23.3 Å². The molecule has 1 aromatic heterocycles. The van der Waals surface area contributed by atoms with Gasteiger partial charge in [0.1, 0.15) is 0 Å². The molecule has 2 saturated heterocycles. The Morgan fingerprint density at radius 1 is 1.13 bits per heavy atom. The molecule has 0 unspecified atom stereocenters. The van der Waals surface area contributed by atoms with Crippen LogP contribution in [0.25, 0.3) is 0 Å². The number of piperidine rings is 1. The van der Waals surface area contributed by atoms with E-state index in [4.69, 9.17) is 11.6 Å². The van der Waals surface area contributed by atoms with Crippen molar-refractivity contribution >= 4 is 23.5 Å². The summed E-state index contributed by atoms with van der Waals surface area (Å²) in [7, 11) is 2.11. The Bertz CT molecular complexity index is 522. The van der Waals surface area contributed by atoms with E-state index in [1.807, 2.05) is 4.90 Å². The zero-order chi connectivity index (χ0) is 16.2. The molecule has 7 heteroatoms. The van der Waals surface area contributed by atoms with E-state index in [1.54, 1.807) is 12.4 Å². The van der Waals surface area contributed by atoms with Crippen LogP contribution >= 0.6 is 11.6 Å². The molecule has 2 aliphatic heterocycles. The first-order chi connectivity index (χ1) is 11.1. The van der Waals surface area contributed by atoms with Crippen LogP contribution in [0.2, 0.25) is 5.02 Å². The van der Waals surface area contributed by atoms with Gasteiger partial charge in [-0.3, -0.25) is 4.79 Å². The minimum absolute atomic E-state index is 0.319. The third-order valence-corrected chi connectivity index (χ3v) is 5.02. The predicted molar refractivity (Wildman–Crippen MR) is 90.7 cm³/mol. The van der Waals surface area contributed by atoms with E-state index in [2.05, 4.69) is 26.8 Å². The number of hydrogen-bond donors (Lipinski definition) is 0. The summed E-state index contributed by atoms with van der Waals surface area (Å²) in [5.41, 5.74) is 0. The molecule has 0 aliphatic carbocycles. The van der Waals surface area contributed by atoms with Crippen LogP contribution in [-0.4, -0.2) is 72.0 Å². The first-order valence-corrected chi connectivity index (χ1v) is 8.68. The molecule has 3 heterocycles. The lowest BCUT2D eigenvalue weighted by molar-refractivity contribution is -0.133. The molecule has 1 amide bonds. The first-order valence-electron chi connectivity index (χ1n) is 8.30. The van der Waals surface area contributed by atoms with Gasteiger partial charge in [-0.2, -0.15) is 0 Å².